The molecule has 1 saturated heterocycles. The summed E-state index contributed by atoms with van der Waals surface area (Å²) in [6, 6.07) is 10.1. The summed E-state index contributed by atoms with van der Waals surface area (Å²) in [5.41, 5.74) is 2.03. The first-order valence-electron chi connectivity index (χ1n) is 8.78. The predicted octanol–water partition coefficient (Wildman–Crippen LogP) is 2.99. The molecule has 0 unspecified atom stereocenters. The van der Waals surface area contributed by atoms with Crippen molar-refractivity contribution in [1.82, 2.24) is 15.6 Å². The number of nitrogens with one attached hydrogen (secondary N) is 2. The monoisotopic (exact) mass is 325 g/mol. The topological polar surface area (TPSA) is 63.2 Å². The third kappa shape index (κ3) is 3.51. The summed E-state index contributed by atoms with van der Waals surface area (Å²) >= 11 is 0. The summed E-state index contributed by atoms with van der Waals surface area (Å²) in [6.07, 6.45) is 6.52. The van der Waals surface area contributed by atoms with Crippen LogP contribution in [0.25, 0.3) is 10.9 Å². The molecule has 2 heterocycles. The van der Waals surface area contributed by atoms with Crippen LogP contribution in [-0.2, 0) is 11.3 Å². The number of benzene rings is 1. The van der Waals surface area contributed by atoms with Crippen LogP contribution in [0.15, 0.2) is 36.5 Å². The number of amides is 2. The van der Waals surface area contributed by atoms with Crippen LogP contribution in [0, 0.1) is 5.92 Å². The lowest BCUT2D eigenvalue weighted by atomic mass is 10.0. The van der Waals surface area contributed by atoms with Gasteiger partial charge in [-0.2, -0.15) is 0 Å². The minimum Gasteiger partial charge on any atom is -0.378 e. The van der Waals surface area contributed by atoms with Gasteiger partial charge in [-0.25, -0.2) is 4.79 Å². The van der Waals surface area contributed by atoms with Gasteiger partial charge in [0.1, 0.15) is 0 Å². The number of urea groups is 1. The van der Waals surface area contributed by atoms with Gasteiger partial charge in [0, 0.05) is 30.8 Å². The fourth-order valence-electron chi connectivity index (χ4n) is 3.48. The van der Waals surface area contributed by atoms with E-state index in [0.29, 0.717) is 12.6 Å². The molecule has 4 rings (SSSR count). The summed E-state index contributed by atoms with van der Waals surface area (Å²) < 4.78 is 5.81. The SMILES string of the molecule is O=C(NCc1ccnc2ccccc12)N[C@H]1CCO[C@@H](C2CC2)C1. The van der Waals surface area contributed by atoms with Crippen LogP contribution >= 0.6 is 0 Å². The van der Waals surface area contributed by atoms with Crippen LogP contribution < -0.4 is 10.6 Å². The van der Waals surface area contributed by atoms with Gasteiger partial charge in [-0.05, 0) is 49.3 Å². The van der Waals surface area contributed by atoms with Gasteiger partial charge in [-0.3, -0.25) is 4.98 Å². The standard InChI is InChI=1S/C19H23N3O2/c23-19(22-15-8-10-24-18(11-15)13-5-6-13)21-12-14-7-9-20-17-4-2-1-3-16(14)17/h1-4,7,9,13,15,18H,5-6,8,10-12H2,(H2,21,22,23)/t15-,18+/m0/s1. The number of carbonyl (C=O) groups excluding carboxylic acids is 1. The molecule has 2 amide bonds. The maximum Gasteiger partial charge on any atom is 0.315 e. The summed E-state index contributed by atoms with van der Waals surface area (Å²) in [5, 5.41) is 7.17. The van der Waals surface area contributed by atoms with Gasteiger partial charge in [0.2, 0.25) is 0 Å². The third-order valence-corrected chi connectivity index (χ3v) is 4.98. The van der Waals surface area contributed by atoms with Crippen molar-refractivity contribution in [2.45, 2.75) is 44.4 Å². The maximum atomic E-state index is 12.2. The first kappa shape index (κ1) is 15.4. The summed E-state index contributed by atoms with van der Waals surface area (Å²) in [5.74, 6) is 0.723. The second-order valence-electron chi connectivity index (χ2n) is 6.78. The van der Waals surface area contributed by atoms with Crippen LogP contribution in [0.5, 0.6) is 0 Å². The highest BCUT2D eigenvalue weighted by atomic mass is 16.5. The van der Waals surface area contributed by atoms with Crippen molar-refractivity contribution in [2.75, 3.05) is 6.61 Å². The quantitative estimate of drug-likeness (QED) is 0.908. The molecular formula is C19H23N3O2. The normalized spacial score (nSPS) is 23.8. The van der Waals surface area contributed by atoms with Crippen LogP contribution in [0.2, 0.25) is 0 Å². The molecule has 1 saturated carbocycles. The molecule has 126 valence electrons. The Morgan fingerprint density at radius 2 is 2.08 bits per heavy atom. The van der Waals surface area contributed by atoms with Crippen LogP contribution in [0.4, 0.5) is 4.79 Å². The molecule has 5 heteroatoms. The van der Waals surface area contributed by atoms with Gasteiger partial charge in [-0.15, -0.1) is 0 Å². The maximum absolute atomic E-state index is 12.2. The van der Waals surface area contributed by atoms with E-state index in [2.05, 4.69) is 15.6 Å². The van der Waals surface area contributed by atoms with E-state index in [0.717, 1.165) is 41.8 Å². The first-order chi connectivity index (χ1) is 11.8. The minimum absolute atomic E-state index is 0.0997. The number of aromatic nitrogens is 1. The Kier molecular flexibility index (Phi) is 4.34. The number of hydrogen-bond donors (Lipinski definition) is 2. The molecule has 1 aliphatic carbocycles. The molecule has 1 aliphatic heterocycles. The molecule has 5 nitrogen and oxygen atoms in total. The molecule has 1 aromatic carbocycles. The molecule has 1 aromatic heterocycles. The lowest BCUT2D eigenvalue weighted by Crippen LogP contribution is -2.46. The molecule has 0 bridgehead atoms. The van der Waals surface area contributed by atoms with Gasteiger partial charge in [-0.1, -0.05) is 18.2 Å². The van der Waals surface area contributed by atoms with Crippen molar-refractivity contribution in [3.05, 3.63) is 42.1 Å². The van der Waals surface area contributed by atoms with E-state index in [-0.39, 0.29) is 12.1 Å². The highest BCUT2D eigenvalue weighted by Gasteiger charge is 2.36. The van der Waals surface area contributed by atoms with Crippen LogP contribution in [0.1, 0.15) is 31.2 Å². The van der Waals surface area contributed by atoms with E-state index in [1.165, 1.54) is 12.8 Å². The Hall–Kier alpha value is -2.14. The Labute approximate surface area is 141 Å². The molecule has 2 fully saturated rings. The number of pyridine rings is 1. The smallest absolute Gasteiger partial charge is 0.315 e. The average Bonchev–Trinajstić information content (AvgIpc) is 3.45. The number of carbonyl (C=O) groups is 1. The van der Waals surface area contributed by atoms with E-state index >= 15 is 0 Å². The van der Waals surface area contributed by atoms with Gasteiger partial charge < -0.3 is 15.4 Å². The van der Waals surface area contributed by atoms with Gasteiger partial charge >= 0.3 is 6.03 Å². The van der Waals surface area contributed by atoms with Crippen molar-refractivity contribution in [3.8, 4) is 0 Å². The second-order valence-corrected chi connectivity index (χ2v) is 6.78. The Morgan fingerprint density at radius 1 is 1.21 bits per heavy atom. The zero-order valence-corrected chi connectivity index (χ0v) is 13.7. The van der Waals surface area contributed by atoms with Gasteiger partial charge in [0.25, 0.3) is 0 Å². The van der Waals surface area contributed by atoms with Gasteiger partial charge in [0.15, 0.2) is 0 Å². The van der Waals surface area contributed by atoms with Crippen LogP contribution in [-0.4, -0.2) is 29.8 Å². The van der Waals surface area contributed by atoms with E-state index in [9.17, 15) is 4.79 Å². The Bertz CT molecular complexity index is 724. The Balaban J connectivity index is 1.32. The van der Waals surface area contributed by atoms with Crippen LogP contribution in [0.3, 0.4) is 0 Å². The van der Waals surface area contributed by atoms with Crippen molar-refractivity contribution >= 4 is 16.9 Å². The molecule has 0 radical (unpaired) electrons. The summed E-state index contributed by atoms with van der Waals surface area (Å²) in [6.45, 7) is 1.26. The zero-order chi connectivity index (χ0) is 16.4. The number of rotatable bonds is 4. The lowest BCUT2D eigenvalue weighted by Gasteiger charge is -2.30. The highest BCUT2D eigenvalue weighted by molar-refractivity contribution is 5.82. The second kappa shape index (κ2) is 6.77. The molecule has 2 N–H and O–H groups in total. The number of ether oxygens (including phenoxy) is 1. The van der Waals surface area contributed by atoms with Crippen molar-refractivity contribution < 1.29 is 9.53 Å². The number of hydrogen-bond acceptors (Lipinski definition) is 3. The highest BCUT2D eigenvalue weighted by Crippen LogP contribution is 2.38. The van der Waals surface area contributed by atoms with E-state index in [1.54, 1.807) is 6.20 Å². The van der Waals surface area contributed by atoms with E-state index in [4.69, 9.17) is 4.74 Å². The first-order valence-corrected chi connectivity index (χ1v) is 8.78. The number of nitrogens with zero attached hydrogens (tertiary/aromatic N) is 1. The van der Waals surface area contributed by atoms with Crippen molar-refractivity contribution in [1.29, 1.82) is 0 Å². The molecule has 2 aromatic rings. The van der Waals surface area contributed by atoms with E-state index < -0.39 is 0 Å². The average molecular weight is 325 g/mol. The van der Waals surface area contributed by atoms with Gasteiger partial charge in [0.05, 0.1) is 11.6 Å². The predicted molar refractivity (Wildman–Crippen MR) is 92.6 cm³/mol. The third-order valence-electron chi connectivity index (χ3n) is 4.98. The number of fused-ring (bicyclic) bond motifs is 1. The molecular weight excluding hydrogens is 302 g/mol. The largest absolute Gasteiger partial charge is 0.378 e. The fraction of sp³-hybridized carbons (Fsp3) is 0.474. The molecule has 2 aliphatic rings. The fourth-order valence-corrected chi connectivity index (χ4v) is 3.48. The molecule has 24 heavy (non-hydrogen) atoms. The van der Waals surface area contributed by atoms with Crippen molar-refractivity contribution in [2.24, 2.45) is 5.92 Å². The van der Waals surface area contributed by atoms with Crippen molar-refractivity contribution in [3.63, 3.8) is 0 Å². The lowest BCUT2D eigenvalue weighted by molar-refractivity contribution is -0.00914. The molecule has 2 atom stereocenters. The Morgan fingerprint density at radius 3 is 2.96 bits per heavy atom. The number of para-hydroxylation sites is 1. The summed E-state index contributed by atoms with van der Waals surface area (Å²) in [7, 11) is 0. The zero-order valence-electron chi connectivity index (χ0n) is 13.7. The van der Waals surface area contributed by atoms with E-state index in [1.807, 2.05) is 30.3 Å². The molecule has 0 spiro atoms. The summed E-state index contributed by atoms with van der Waals surface area (Å²) in [4.78, 5) is 16.6. The minimum atomic E-state index is -0.0997.